The Bertz CT molecular complexity index is 1290. The minimum Gasteiger partial charge on any atom is -0.495 e. The van der Waals surface area contributed by atoms with Crippen LogP contribution in [0, 0.1) is 11.8 Å². The third-order valence-electron chi connectivity index (χ3n) is 8.29. The van der Waals surface area contributed by atoms with Crippen LogP contribution in [-0.2, 0) is 17.6 Å². The lowest BCUT2D eigenvalue weighted by Crippen LogP contribution is -2.41. The predicted octanol–water partition coefficient (Wildman–Crippen LogP) is 6.14. The lowest BCUT2D eigenvalue weighted by molar-refractivity contribution is -0.125. The monoisotopic (exact) mass is 527 g/mol. The van der Waals surface area contributed by atoms with Gasteiger partial charge >= 0.3 is 0 Å². The third-order valence-corrected chi connectivity index (χ3v) is 8.29. The van der Waals surface area contributed by atoms with Crippen molar-refractivity contribution in [2.45, 2.75) is 64.7 Å². The highest BCUT2D eigenvalue weighted by molar-refractivity contribution is 6.02. The quantitative estimate of drug-likeness (QED) is 0.226. The number of rotatable bonds is 12. The van der Waals surface area contributed by atoms with E-state index < -0.39 is 0 Å². The summed E-state index contributed by atoms with van der Waals surface area (Å²) in [5, 5.41) is 4.13. The maximum atomic E-state index is 13.4. The number of ether oxygens (including phenoxy) is 1. The summed E-state index contributed by atoms with van der Waals surface area (Å²) in [5.41, 5.74) is 4.99. The zero-order valence-electron chi connectivity index (χ0n) is 23.4. The molecule has 39 heavy (non-hydrogen) atoms. The number of anilines is 1. The van der Waals surface area contributed by atoms with Crippen LogP contribution in [0.2, 0.25) is 0 Å². The molecule has 2 aromatic carbocycles. The number of carbonyl (C=O) groups is 2. The zero-order chi connectivity index (χ0) is 27.2. The molecular formula is C33H41N3O3. The van der Waals surface area contributed by atoms with Gasteiger partial charge in [-0.15, -0.1) is 0 Å². The number of nitrogens with zero attached hydrogens (tertiary/aromatic N) is 2. The van der Waals surface area contributed by atoms with E-state index in [2.05, 4.69) is 47.5 Å². The van der Waals surface area contributed by atoms with Crippen molar-refractivity contribution in [3.63, 3.8) is 0 Å². The summed E-state index contributed by atoms with van der Waals surface area (Å²) in [4.78, 5) is 33.1. The number of piperidine rings is 1. The summed E-state index contributed by atoms with van der Waals surface area (Å²) in [7, 11) is 1.70. The van der Waals surface area contributed by atoms with Crippen LogP contribution in [-0.4, -0.2) is 43.4 Å². The molecule has 206 valence electrons. The van der Waals surface area contributed by atoms with Crippen LogP contribution in [0.15, 0.2) is 48.7 Å². The minimum absolute atomic E-state index is 0.0549. The van der Waals surface area contributed by atoms with Crippen molar-refractivity contribution in [1.82, 2.24) is 10.3 Å². The fourth-order valence-electron chi connectivity index (χ4n) is 5.71. The lowest BCUT2D eigenvalue weighted by Gasteiger charge is -2.34. The molecular weight excluding hydrogens is 486 g/mol. The number of hydrogen-bond acceptors (Lipinski definition) is 5. The first-order valence-corrected chi connectivity index (χ1v) is 14.7. The summed E-state index contributed by atoms with van der Waals surface area (Å²) >= 11 is 0. The van der Waals surface area contributed by atoms with Crippen molar-refractivity contribution in [3.05, 3.63) is 65.4 Å². The molecule has 1 aliphatic carbocycles. The highest BCUT2D eigenvalue weighted by Crippen LogP contribution is 2.38. The largest absolute Gasteiger partial charge is 0.495 e. The molecule has 2 heterocycles. The molecule has 6 nitrogen and oxygen atoms in total. The van der Waals surface area contributed by atoms with Crippen molar-refractivity contribution in [2.24, 2.45) is 11.8 Å². The second-order valence-electron chi connectivity index (χ2n) is 11.2. The van der Waals surface area contributed by atoms with Crippen molar-refractivity contribution in [3.8, 4) is 5.75 Å². The van der Waals surface area contributed by atoms with E-state index in [0.29, 0.717) is 12.3 Å². The first kappa shape index (κ1) is 27.2. The van der Waals surface area contributed by atoms with E-state index in [1.807, 2.05) is 12.1 Å². The van der Waals surface area contributed by atoms with E-state index in [4.69, 9.17) is 9.72 Å². The van der Waals surface area contributed by atoms with Crippen molar-refractivity contribution < 1.29 is 14.3 Å². The third kappa shape index (κ3) is 6.60. The molecule has 5 rings (SSSR count). The second-order valence-corrected chi connectivity index (χ2v) is 11.2. The van der Waals surface area contributed by atoms with Crippen molar-refractivity contribution >= 4 is 28.3 Å². The number of fused-ring (bicyclic) bond motifs is 1. The Hall–Kier alpha value is -3.41. The summed E-state index contributed by atoms with van der Waals surface area (Å²) < 4.78 is 5.83. The smallest absolute Gasteiger partial charge is 0.223 e. The van der Waals surface area contributed by atoms with Gasteiger partial charge in [-0.1, -0.05) is 43.7 Å². The average Bonchev–Trinajstić information content (AvgIpc) is 3.79. The Kier molecular flexibility index (Phi) is 8.80. The number of carbonyl (C=O) groups excluding carboxylic acids is 2. The number of aromatic nitrogens is 1. The topological polar surface area (TPSA) is 71.5 Å². The number of unbranched alkanes of at least 4 members (excludes halogenated alkanes) is 1. The van der Waals surface area contributed by atoms with Gasteiger partial charge in [0.1, 0.15) is 5.75 Å². The molecule has 2 fully saturated rings. The van der Waals surface area contributed by atoms with E-state index >= 15 is 0 Å². The number of ketones is 1. The Morgan fingerprint density at radius 1 is 1.05 bits per heavy atom. The summed E-state index contributed by atoms with van der Waals surface area (Å²) in [5.74, 6) is 1.76. The van der Waals surface area contributed by atoms with Crippen LogP contribution in [0.25, 0.3) is 10.9 Å². The van der Waals surface area contributed by atoms with Gasteiger partial charge in [0.25, 0.3) is 0 Å². The first-order valence-electron chi connectivity index (χ1n) is 14.7. The summed E-state index contributed by atoms with van der Waals surface area (Å²) in [6.07, 6.45) is 10.1. The van der Waals surface area contributed by atoms with E-state index in [-0.39, 0.29) is 17.6 Å². The number of pyridine rings is 1. The maximum absolute atomic E-state index is 13.4. The van der Waals surface area contributed by atoms with E-state index in [1.165, 1.54) is 5.56 Å². The number of methoxy groups -OCH3 is 1. The van der Waals surface area contributed by atoms with Crippen molar-refractivity contribution in [1.29, 1.82) is 0 Å². The van der Waals surface area contributed by atoms with Gasteiger partial charge in [-0.2, -0.15) is 0 Å². The zero-order valence-corrected chi connectivity index (χ0v) is 23.4. The second kappa shape index (κ2) is 12.6. The van der Waals surface area contributed by atoms with Crippen LogP contribution in [0.5, 0.6) is 5.75 Å². The van der Waals surface area contributed by atoms with E-state index in [0.717, 1.165) is 104 Å². The maximum Gasteiger partial charge on any atom is 0.223 e. The highest BCUT2D eigenvalue weighted by atomic mass is 16.5. The average molecular weight is 528 g/mol. The Balaban J connectivity index is 1.43. The SMILES string of the molecule is CCCCNC(=O)C1CCN(c2cc3c(CCc4ccccc4)c(C(=O)CC4CC4)cnc3cc2OC)CC1. The lowest BCUT2D eigenvalue weighted by atomic mass is 9.92. The molecule has 1 aliphatic heterocycles. The van der Waals surface area contributed by atoms with Crippen molar-refractivity contribution in [2.75, 3.05) is 31.6 Å². The summed E-state index contributed by atoms with van der Waals surface area (Å²) in [6, 6.07) is 14.6. The van der Waals surface area contributed by atoms with Gasteiger partial charge in [0.05, 0.1) is 18.3 Å². The molecule has 3 aromatic rings. The van der Waals surface area contributed by atoms with Crippen LogP contribution in [0.3, 0.4) is 0 Å². The van der Waals surface area contributed by atoms with Gasteiger partial charge in [-0.05, 0) is 68.1 Å². The molecule has 0 spiro atoms. The number of aryl methyl sites for hydroxylation is 2. The molecule has 6 heteroatoms. The Labute approximate surface area is 232 Å². The summed E-state index contributed by atoms with van der Waals surface area (Å²) in [6.45, 7) is 4.48. The van der Waals surface area contributed by atoms with Gasteiger partial charge in [-0.3, -0.25) is 14.6 Å². The van der Waals surface area contributed by atoms with E-state index in [1.54, 1.807) is 13.3 Å². The molecule has 0 unspecified atom stereocenters. The first-order chi connectivity index (χ1) is 19.1. The molecule has 0 bridgehead atoms. The Morgan fingerprint density at radius 3 is 2.51 bits per heavy atom. The fraction of sp³-hybridized carbons (Fsp3) is 0.485. The molecule has 0 radical (unpaired) electrons. The van der Waals surface area contributed by atoms with Gasteiger partial charge in [0, 0.05) is 55.2 Å². The minimum atomic E-state index is 0.0549. The van der Waals surface area contributed by atoms with Crippen LogP contribution in [0.1, 0.15) is 73.4 Å². The van der Waals surface area contributed by atoms with Crippen LogP contribution < -0.4 is 15.0 Å². The molecule has 2 aliphatic rings. The van der Waals surface area contributed by atoms with Gasteiger partial charge in [0.15, 0.2) is 5.78 Å². The molecule has 1 aromatic heterocycles. The van der Waals surface area contributed by atoms with Crippen LogP contribution >= 0.6 is 0 Å². The van der Waals surface area contributed by atoms with E-state index in [9.17, 15) is 9.59 Å². The molecule has 0 atom stereocenters. The predicted molar refractivity (Wildman–Crippen MR) is 157 cm³/mol. The Morgan fingerprint density at radius 2 is 1.82 bits per heavy atom. The van der Waals surface area contributed by atoms with Gasteiger partial charge in [-0.25, -0.2) is 0 Å². The number of benzene rings is 2. The van der Waals surface area contributed by atoms with Gasteiger partial charge < -0.3 is 15.0 Å². The number of hydrogen-bond donors (Lipinski definition) is 1. The molecule has 1 amide bonds. The molecule has 1 saturated heterocycles. The number of amides is 1. The fourth-order valence-corrected chi connectivity index (χ4v) is 5.71. The standard InChI is InChI=1S/C33H41N3O3/c1-3-4-16-34-33(38)25-14-17-36(18-15-25)30-20-27-26(13-12-23-8-6-5-7-9-23)28(31(37)19-24-10-11-24)22-35-29(27)21-32(30)39-2/h5-9,20-22,24-25H,3-4,10-19H2,1-2H3,(H,34,38). The number of nitrogens with one attached hydrogen (secondary N) is 1. The van der Waals surface area contributed by atoms with Gasteiger partial charge in [0.2, 0.25) is 5.91 Å². The normalized spacial score (nSPS) is 15.9. The molecule has 1 saturated carbocycles. The molecule has 1 N–H and O–H groups in total. The number of Topliss-reactive ketones (excluding diaryl/α,β-unsaturated/α-hetero) is 1. The van der Waals surface area contributed by atoms with Crippen LogP contribution in [0.4, 0.5) is 5.69 Å². The highest BCUT2D eigenvalue weighted by Gasteiger charge is 2.29.